The van der Waals surface area contributed by atoms with Gasteiger partial charge in [0.1, 0.15) is 23.4 Å². The first kappa shape index (κ1) is 40.1. The van der Waals surface area contributed by atoms with Crippen LogP contribution in [0.3, 0.4) is 0 Å². The summed E-state index contributed by atoms with van der Waals surface area (Å²) in [5, 5.41) is 69.0. The molecule has 4 aliphatic rings. The van der Waals surface area contributed by atoms with E-state index < -0.39 is 85.3 Å². The summed E-state index contributed by atoms with van der Waals surface area (Å²) in [5.74, 6) is -2.13. The molecule has 19 heteroatoms. The maximum atomic E-state index is 11.6. The lowest BCUT2D eigenvalue weighted by atomic mass is 10.0. The Morgan fingerprint density at radius 3 is 1.31 bits per heavy atom. The van der Waals surface area contributed by atoms with Crippen LogP contribution < -0.4 is 16.0 Å². The molecular formula is C30H53N3O16. The predicted molar refractivity (Wildman–Crippen MR) is 164 cm³/mol. The summed E-state index contributed by atoms with van der Waals surface area (Å²) in [6, 6.07) is -1.53. The summed E-state index contributed by atoms with van der Waals surface area (Å²) in [6.45, 7) is 5.89. The Bertz CT molecular complexity index is 969. The zero-order chi connectivity index (χ0) is 35.6. The molecular weight excluding hydrogens is 658 g/mol. The number of hydrogen-bond donors (Lipinski definition) is 9. The van der Waals surface area contributed by atoms with Gasteiger partial charge in [0.2, 0.25) is 11.8 Å². The van der Waals surface area contributed by atoms with Crippen LogP contribution in [0.25, 0.3) is 0 Å². The predicted octanol–water partition coefficient (Wildman–Crippen LogP) is -5.44. The van der Waals surface area contributed by atoms with Crippen molar-refractivity contribution in [3.63, 3.8) is 0 Å². The van der Waals surface area contributed by atoms with Crippen molar-refractivity contribution in [3.8, 4) is 0 Å². The lowest BCUT2D eigenvalue weighted by molar-refractivity contribution is -0.249. The Morgan fingerprint density at radius 1 is 0.612 bits per heavy atom. The van der Waals surface area contributed by atoms with Gasteiger partial charge in [-0.05, 0) is 0 Å². The first-order valence-electron chi connectivity index (χ1n) is 16.6. The summed E-state index contributed by atoms with van der Waals surface area (Å²) in [6.07, 6.45) is -6.24. The van der Waals surface area contributed by atoms with Gasteiger partial charge in [0.25, 0.3) is 0 Å². The van der Waals surface area contributed by atoms with E-state index in [2.05, 4.69) is 16.0 Å². The molecule has 2 heterocycles. The Morgan fingerprint density at radius 2 is 0.959 bits per heavy atom. The smallest absolute Gasteiger partial charge is 0.217 e. The molecule has 2 saturated heterocycles. The molecule has 0 bridgehead atoms. The number of carbonyl (C=O) groups is 2. The molecule has 49 heavy (non-hydrogen) atoms. The SMILES string of the molecule is CC(=O)NC1C2C(O)C2(O)C(CO)O[C@H]1OCCOCCOCCNCCOCCOCCO[C@@H]1OC(CO)[C@]2(O)C(O)C2C1NC(C)=O. The van der Waals surface area contributed by atoms with Crippen LogP contribution in [-0.2, 0) is 47.5 Å². The topological polar surface area (TPSA) is 265 Å². The number of amides is 2. The summed E-state index contributed by atoms with van der Waals surface area (Å²) in [4.78, 5) is 23.2. The second kappa shape index (κ2) is 18.7. The van der Waals surface area contributed by atoms with Crippen molar-refractivity contribution in [1.82, 2.24) is 16.0 Å². The zero-order valence-corrected chi connectivity index (χ0v) is 27.9. The molecule has 2 saturated carbocycles. The van der Waals surface area contributed by atoms with Crippen molar-refractivity contribution in [2.75, 3.05) is 92.4 Å². The van der Waals surface area contributed by atoms with E-state index >= 15 is 0 Å². The molecule has 0 radical (unpaired) electrons. The molecule has 0 spiro atoms. The lowest BCUT2D eigenvalue weighted by Gasteiger charge is -2.37. The monoisotopic (exact) mass is 711 g/mol. The highest BCUT2D eigenvalue weighted by molar-refractivity contribution is 5.74. The van der Waals surface area contributed by atoms with Gasteiger partial charge in [-0.2, -0.15) is 0 Å². The fraction of sp³-hybridized carbons (Fsp3) is 0.933. The van der Waals surface area contributed by atoms with E-state index in [0.29, 0.717) is 52.7 Å². The summed E-state index contributed by atoms with van der Waals surface area (Å²) in [5.41, 5.74) is -3.24. The number of aliphatic hydroxyl groups is 6. The molecule has 19 nitrogen and oxygen atoms in total. The van der Waals surface area contributed by atoms with Crippen molar-refractivity contribution >= 4 is 11.8 Å². The zero-order valence-electron chi connectivity index (χ0n) is 27.9. The minimum Gasteiger partial charge on any atom is -0.394 e. The Kier molecular flexibility index (Phi) is 15.3. The fourth-order valence-corrected chi connectivity index (χ4v) is 6.59. The summed E-state index contributed by atoms with van der Waals surface area (Å²) in [7, 11) is 0. The third-order valence-corrected chi connectivity index (χ3v) is 9.15. The van der Waals surface area contributed by atoms with Gasteiger partial charge in [-0.3, -0.25) is 9.59 Å². The highest BCUT2D eigenvalue weighted by atomic mass is 16.7. The Labute approximate surface area is 284 Å². The number of fused-ring (bicyclic) bond motifs is 2. The lowest BCUT2D eigenvalue weighted by Crippen LogP contribution is -2.57. The van der Waals surface area contributed by atoms with Gasteiger partial charge < -0.3 is 84.5 Å². The summed E-state index contributed by atoms with van der Waals surface area (Å²) >= 11 is 0. The number of ether oxygens (including phenoxy) is 8. The van der Waals surface area contributed by atoms with E-state index in [0.717, 1.165) is 0 Å². The van der Waals surface area contributed by atoms with Crippen LogP contribution in [0.15, 0.2) is 0 Å². The Hall–Kier alpha value is -1.66. The second-order valence-electron chi connectivity index (χ2n) is 12.5. The van der Waals surface area contributed by atoms with Gasteiger partial charge in [0.15, 0.2) is 12.6 Å². The maximum Gasteiger partial charge on any atom is 0.217 e. The summed E-state index contributed by atoms with van der Waals surface area (Å²) < 4.78 is 44.7. The molecule has 2 amide bonds. The molecule has 284 valence electrons. The molecule has 2 aliphatic heterocycles. The quantitative estimate of drug-likeness (QED) is 0.0423. The number of rotatable bonds is 24. The molecule has 4 fully saturated rings. The second-order valence-corrected chi connectivity index (χ2v) is 12.5. The van der Waals surface area contributed by atoms with Crippen LogP contribution in [-0.4, -0.2) is 195 Å². The molecule has 12 atom stereocenters. The number of aliphatic hydroxyl groups excluding tert-OH is 4. The molecule has 0 aromatic carbocycles. The van der Waals surface area contributed by atoms with Gasteiger partial charge >= 0.3 is 0 Å². The largest absolute Gasteiger partial charge is 0.394 e. The van der Waals surface area contributed by atoms with E-state index in [-0.39, 0.29) is 38.2 Å². The van der Waals surface area contributed by atoms with Crippen molar-refractivity contribution in [2.24, 2.45) is 11.8 Å². The minimum atomic E-state index is -1.62. The third kappa shape index (κ3) is 9.82. The van der Waals surface area contributed by atoms with Crippen molar-refractivity contribution in [1.29, 1.82) is 0 Å². The molecule has 0 aromatic heterocycles. The van der Waals surface area contributed by atoms with Crippen LogP contribution >= 0.6 is 0 Å². The van der Waals surface area contributed by atoms with E-state index in [1.807, 2.05) is 0 Å². The fourth-order valence-electron chi connectivity index (χ4n) is 6.59. The highest BCUT2D eigenvalue weighted by Crippen LogP contribution is 2.55. The van der Waals surface area contributed by atoms with Gasteiger partial charge in [-0.25, -0.2) is 0 Å². The van der Waals surface area contributed by atoms with Crippen molar-refractivity contribution in [3.05, 3.63) is 0 Å². The first-order chi connectivity index (χ1) is 23.5. The highest BCUT2D eigenvalue weighted by Gasteiger charge is 2.76. The molecule has 2 aliphatic carbocycles. The van der Waals surface area contributed by atoms with Gasteiger partial charge in [-0.15, -0.1) is 0 Å². The maximum absolute atomic E-state index is 11.6. The normalized spacial score (nSPS) is 37.6. The number of nitrogens with one attached hydrogen (secondary N) is 3. The van der Waals surface area contributed by atoms with Gasteiger partial charge in [0, 0.05) is 38.8 Å². The molecule has 9 N–H and O–H groups in total. The van der Waals surface area contributed by atoms with Crippen molar-refractivity contribution in [2.45, 2.75) is 74.1 Å². The van der Waals surface area contributed by atoms with Crippen molar-refractivity contribution < 1.29 is 78.1 Å². The number of hydrogen-bond acceptors (Lipinski definition) is 17. The first-order valence-corrected chi connectivity index (χ1v) is 16.6. The average Bonchev–Trinajstić information content (AvgIpc) is 3.85. The van der Waals surface area contributed by atoms with Gasteiger partial charge in [0.05, 0.1) is 104 Å². The van der Waals surface area contributed by atoms with Crippen LogP contribution in [0.2, 0.25) is 0 Å². The minimum absolute atomic E-state index is 0.125. The average molecular weight is 712 g/mol. The van der Waals surface area contributed by atoms with Crippen LogP contribution in [0.4, 0.5) is 0 Å². The Balaban J connectivity index is 0.927. The number of carbonyl (C=O) groups excluding carboxylic acids is 2. The van der Waals surface area contributed by atoms with E-state index in [9.17, 15) is 40.2 Å². The van der Waals surface area contributed by atoms with E-state index in [4.69, 9.17) is 37.9 Å². The third-order valence-electron chi connectivity index (χ3n) is 9.15. The van der Waals surface area contributed by atoms with Gasteiger partial charge in [-0.1, -0.05) is 0 Å². The molecule has 4 rings (SSSR count). The molecule has 9 unspecified atom stereocenters. The van der Waals surface area contributed by atoms with E-state index in [1.165, 1.54) is 13.8 Å². The van der Waals surface area contributed by atoms with Crippen LogP contribution in [0.5, 0.6) is 0 Å². The standard InChI is InChI=1S/C30H53N3O16/c1-17(36)32-23-21-25(38)29(21,40)19(15-34)48-27(23)46-13-11-44-9-7-42-5-3-31-4-6-43-8-10-45-12-14-47-28-24(33-18(2)37)22-26(39)30(22,41)20(16-35)49-28/h19-28,31,34-35,38-41H,3-16H2,1-2H3,(H,32,36)(H,33,37)/t19?,20?,21?,22?,23?,24?,25?,26?,27-,28-,29-,30?/m1/s1. The van der Waals surface area contributed by atoms with E-state index in [1.54, 1.807) is 0 Å². The van der Waals surface area contributed by atoms with Crippen LogP contribution in [0, 0.1) is 11.8 Å². The van der Waals surface area contributed by atoms with Crippen LogP contribution in [0.1, 0.15) is 13.8 Å². The molecule has 0 aromatic rings.